The van der Waals surface area contributed by atoms with Gasteiger partial charge in [0.1, 0.15) is 5.65 Å². The Morgan fingerprint density at radius 1 is 1.00 bits per heavy atom. The number of pyridine rings is 2. The average Bonchev–Trinajstić information content (AvgIpc) is 3.07. The summed E-state index contributed by atoms with van der Waals surface area (Å²) in [5.74, 6) is 0.982. The van der Waals surface area contributed by atoms with Gasteiger partial charge in [0, 0.05) is 32.5 Å². The first-order chi connectivity index (χ1) is 13.2. The van der Waals surface area contributed by atoms with E-state index in [-0.39, 0.29) is 0 Å². The number of rotatable bonds is 5. The number of hydrogen-bond donors (Lipinski definition) is 1. The van der Waals surface area contributed by atoms with Gasteiger partial charge in [0.05, 0.1) is 25.5 Å². The van der Waals surface area contributed by atoms with Crippen LogP contribution in [0.2, 0.25) is 5.02 Å². The van der Waals surface area contributed by atoms with E-state index in [1.165, 1.54) is 0 Å². The summed E-state index contributed by atoms with van der Waals surface area (Å²) >= 11 is 7.66. The van der Waals surface area contributed by atoms with E-state index in [1.807, 2.05) is 48.5 Å². The van der Waals surface area contributed by atoms with Crippen molar-refractivity contribution in [2.75, 3.05) is 14.2 Å². The average molecular weight is 398 g/mol. The van der Waals surface area contributed by atoms with Crippen molar-refractivity contribution in [2.45, 2.75) is 9.79 Å². The summed E-state index contributed by atoms with van der Waals surface area (Å²) in [6.07, 6.45) is 1.77. The molecule has 0 amide bonds. The van der Waals surface area contributed by atoms with Crippen LogP contribution >= 0.6 is 23.4 Å². The number of halogens is 1. The van der Waals surface area contributed by atoms with Crippen molar-refractivity contribution in [1.29, 1.82) is 0 Å². The molecule has 1 N–H and O–H groups in total. The second kappa shape index (κ2) is 7.50. The topological polar surface area (TPSA) is 60.0 Å². The smallest absolute Gasteiger partial charge is 0.225 e. The van der Waals surface area contributed by atoms with E-state index in [0.29, 0.717) is 16.8 Å². The molecule has 3 aromatic heterocycles. The maximum absolute atomic E-state index is 6.02. The van der Waals surface area contributed by atoms with Gasteiger partial charge in [-0.1, -0.05) is 23.4 Å². The van der Waals surface area contributed by atoms with Gasteiger partial charge >= 0.3 is 0 Å². The van der Waals surface area contributed by atoms with Crippen LogP contribution in [0.3, 0.4) is 0 Å². The molecule has 3 heterocycles. The molecule has 1 aromatic carbocycles. The minimum absolute atomic E-state index is 0.485. The fourth-order valence-corrected chi connectivity index (χ4v) is 3.97. The Balaban J connectivity index is 1.89. The van der Waals surface area contributed by atoms with Gasteiger partial charge < -0.3 is 14.5 Å². The van der Waals surface area contributed by atoms with E-state index < -0.39 is 0 Å². The number of fused-ring (bicyclic) bond motifs is 1. The van der Waals surface area contributed by atoms with Gasteiger partial charge in [-0.15, -0.1) is 0 Å². The quantitative estimate of drug-likeness (QED) is 0.485. The lowest BCUT2D eigenvalue weighted by atomic mass is 10.2. The molecule has 7 heteroatoms. The van der Waals surface area contributed by atoms with Crippen molar-refractivity contribution in [3.8, 4) is 23.0 Å². The van der Waals surface area contributed by atoms with E-state index >= 15 is 0 Å². The Bertz CT molecular complexity index is 1100. The van der Waals surface area contributed by atoms with Gasteiger partial charge in [0.15, 0.2) is 0 Å². The highest BCUT2D eigenvalue weighted by Crippen LogP contribution is 2.43. The summed E-state index contributed by atoms with van der Waals surface area (Å²) in [4.78, 5) is 14.4. The molecule has 0 spiro atoms. The Kier molecular flexibility index (Phi) is 4.92. The van der Waals surface area contributed by atoms with Gasteiger partial charge in [-0.3, -0.25) is 0 Å². The van der Waals surface area contributed by atoms with Crippen LogP contribution in [-0.2, 0) is 0 Å². The Hall–Kier alpha value is -2.70. The summed E-state index contributed by atoms with van der Waals surface area (Å²) in [5.41, 5.74) is 2.55. The minimum Gasteiger partial charge on any atom is -0.481 e. The lowest BCUT2D eigenvalue weighted by Gasteiger charge is -2.10. The number of aromatic amines is 1. The number of nitrogens with zero attached hydrogens (tertiary/aromatic N) is 2. The number of hydrogen-bond acceptors (Lipinski definition) is 5. The van der Waals surface area contributed by atoms with Gasteiger partial charge in [0.25, 0.3) is 0 Å². The number of H-pyrrole nitrogens is 1. The first-order valence-corrected chi connectivity index (χ1v) is 9.38. The van der Waals surface area contributed by atoms with Crippen molar-refractivity contribution in [2.24, 2.45) is 0 Å². The number of methoxy groups -OCH3 is 2. The zero-order valence-corrected chi connectivity index (χ0v) is 16.3. The zero-order valence-electron chi connectivity index (χ0n) is 14.7. The molecule has 27 heavy (non-hydrogen) atoms. The molecule has 4 aromatic rings. The highest BCUT2D eigenvalue weighted by atomic mass is 35.5. The van der Waals surface area contributed by atoms with E-state index in [9.17, 15) is 0 Å². The molecule has 0 radical (unpaired) electrons. The van der Waals surface area contributed by atoms with E-state index in [1.54, 1.807) is 32.2 Å². The summed E-state index contributed by atoms with van der Waals surface area (Å²) in [6.45, 7) is 0. The fraction of sp³-hybridized carbons (Fsp3) is 0.100. The Morgan fingerprint density at radius 2 is 1.81 bits per heavy atom. The Labute approximate surface area is 165 Å². The zero-order chi connectivity index (χ0) is 18.8. The molecule has 0 aliphatic carbocycles. The summed E-state index contributed by atoms with van der Waals surface area (Å²) < 4.78 is 10.7. The van der Waals surface area contributed by atoms with E-state index in [4.69, 9.17) is 21.1 Å². The molecular formula is C20H16ClN3O2S. The van der Waals surface area contributed by atoms with Crippen LogP contribution in [-0.4, -0.2) is 29.2 Å². The third-order valence-electron chi connectivity index (χ3n) is 4.06. The molecule has 0 saturated carbocycles. The molecular weight excluding hydrogens is 382 g/mol. The van der Waals surface area contributed by atoms with Crippen LogP contribution in [0.15, 0.2) is 64.5 Å². The summed E-state index contributed by atoms with van der Waals surface area (Å²) in [5, 5.41) is 1.74. The maximum Gasteiger partial charge on any atom is 0.225 e. The number of aromatic nitrogens is 3. The molecule has 0 bridgehead atoms. The van der Waals surface area contributed by atoms with Crippen LogP contribution in [0, 0.1) is 0 Å². The predicted molar refractivity (Wildman–Crippen MR) is 108 cm³/mol. The summed E-state index contributed by atoms with van der Waals surface area (Å²) in [6, 6.07) is 15.5. The molecule has 0 aliphatic heterocycles. The van der Waals surface area contributed by atoms with Gasteiger partial charge in [-0.25, -0.2) is 4.98 Å². The predicted octanol–water partition coefficient (Wildman–Crippen LogP) is 5.45. The number of benzene rings is 1. The van der Waals surface area contributed by atoms with Gasteiger partial charge in [0.2, 0.25) is 11.8 Å². The largest absolute Gasteiger partial charge is 0.481 e. The van der Waals surface area contributed by atoms with Gasteiger partial charge in [-0.2, -0.15) is 4.98 Å². The van der Waals surface area contributed by atoms with Crippen LogP contribution in [0.25, 0.3) is 22.3 Å². The standard InChI is InChI=1S/C20H16ClN3O2S/c1-25-16-10-9-14(20(23-16)26-2)17-18(15-4-3-11-22-19(15)24-17)27-13-7-5-12(21)6-8-13/h3-11H,1-2H3,(H,22,24). The van der Waals surface area contributed by atoms with Crippen LogP contribution in [0.5, 0.6) is 11.8 Å². The third kappa shape index (κ3) is 3.46. The Morgan fingerprint density at radius 3 is 2.56 bits per heavy atom. The molecule has 136 valence electrons. The van der Waals surface area contributed by atoms with Crippen molar-refractivity contribution >= 4 is 34.4 Å². The van der Waals surface area contributed by atoms with Crippen molar-refractivity contribution in [3.63, 3.8) is 0 Å². The lowest BCUT2D eigenvalue weighted by molar-refractivity contribution is 0.365. The minimum atomic E-state index is 0.485. The molecule has 0 aliphatic rings. The third-order valence-corrected chi connectivity index (χ3v) is 5.45. The van der Waals surface area contributed by atoms with Crippen molar-refractivity contribution in [1.82, 2.24) is 15.0 Å². The highest BCUT2D eigenvalue weighted by molar-refractivity contribution is 7.99. The SMILES string of the molecule is COc1ccc(-c2[nH]c3ncccc3c2Sc2ccc(Cl)cc2)c(OC)n1. The normalized spacial score (nSPS) is 10.9. The van der Waals surface area contributed by atoms with Crippen LogP contribution in [0.1, 0.15) is 0 Å². The summed E-state index contributed by atoms with van der Waals surface area (Å²) in [7, 11) is 3.17. The van der Waals surface area contributed by atoms with E-state index in [0.717, 1.165) is 32.1 Å². The second-order valence-corrected chi connectivity index (χ2v) is 7.22. The van der Waals surface area contributed by atoms with Crippen molar-refractivity contribution < 1.29 is 9.47 Å². The number of nitrogens with one attached hydrogen (secondary N) is 1. The molecule has 0 unspecified atom stereocenters. The first-order valence-electron chi connectivity index (χ1n) is 8.19. The number of ether oxygens (including phenoxy) is 2. The fourth-order valence-electron chi connectivity index (χ4n) is 2.80. The van der Waals surface area contributed by atoms with E-state index in [2.05, 4.69) is 15.0 Å². The molecule has 0 saturated heterocycles. The highest BCUT2D eigenvalue weighted by Gasteiger charge is 2.19. The molecule has 0 fully saturated rings. The lowest BCUT2D eigenvalue weighted by Crippen LogP contribution is -1.95. The molecule has 5 nitrogen and oxygen atoms in total. The molecule has 0 atom stereocenters. The van der Waals surface area contributed by atoms with Crippen LogP contribution in [0.4, 0.5) is 0 Å². The first kappa shape index (κ1) is 17.7. The maximum atomic E-state index is 6.02. The van der Waals surface area contributed by atoms with Crippen LogP contribution < -0.4 is 9.47 Å². The molecule has 4 rings (SSSR count). The second-order valence-electron chi connectivity index (χ2n) is 5.70. The monoisotopic (exact) mass is 397 g/mol. The van der Waals surface area contributed by atoms with Gasteiger partial charge in [-0.05, 0) is 42.5 Å². The van der Waals surface area contributed by atoms with Crippen molar-refractivity contribution in [3.05, 3.63) is 59.8 Å².